The molecule has 0 aromatic heterocycles. The SMILES string of the molecule is COc1cc(C(C(=O)N2CCCC(C)C2)N2CCNCC2)ccc1O. The quantitative estimate of drug-likeness (QED) is 0.866. The van der Waals surface area contributed by atoms with Crippen LogP contribution in [-0.4, -0.2) is 67.2 Å². The lowest BCUT2D eigenvalue weighted by molar-refractivity contribution is -0.139. The van der Waals surface area contributed by atoms with Gasteiger partial charge in [-0.05, 0) is 36.5 Å². The first-order chi connectivity index (χ1) is 12.1. The van der Waals surface area contributed by atoms with E-state index in [4.69, 9.17) is 4.74 Å². The first kappa shape index (κ1) is 18.0. The minimum Gasteiger partial charge on any atom is -0.504 e. The molecule has 6 heteroatoms. The Hall–Kier alpha value is -1.79. The second-order valence-corrected chi connectivity index (χ2v) is 7.15. The summed E-state index contributed by atoms with van der Waals surface area (Å²) in [6, 6.07) is 4.94. The van der Waals surface area contributed by atoms with Gasteiger partial charge in [0.2, 0.25) is 5.91 Å². The van der Waals surface area contributed by atoms with Crippen LogP contribution in [0.4, 0.5) is 0 Å². The van der Waals surface area contributed by atoms with Crippen LogP contribution in [0.3, 0.4) is 0 Å². The molecule has 0 aliphatic carbocycles. The van der Waals surface area contributed by atoms with Gasteiger partial charge in [-0.1, -0.05) is 13.0 Å². The van der Waals surface area contributed by atoms with Gasteiger partial charge in [-0.15, -0.1) is 0 Å². The van der Waals surface area contributed by atoms with Crippen LogP contribution in [0.2, 0.25) is 0 Å². The highest BCUT2D eigenvalue weighted by atomic mass is 16.5. The van der Waals surface area contributed by atoms with E-state index in [0.717, 1.165) is 51.3 Å². The van der Waals surface area contributed by atoms with Crippen molar-refractivity contribution >= 4 is 5.91 Å². The van der Waals surface area contributed by atoms with Crippen LogP contribution >= 0.6 is 0 Å². The maximum atomic E-state index is 13.4. The molecule has 1 aromatic carbocycles. The number of piperidine rings is 1. The summed E-state index contributed by atoms with van der Waals surface area (Å²) in [5, 5.41) is 13.3. The van der Waals surface area contributed by atoms with Gasteiger partial charge in [0.1, 0.15) is 6.04 Å². The molecule has 1 amide bonds. The number of piperazine rings is 1. The topological polar surface area (TPSA) is 65.0 Å². The molecule has 3 rings (SSSR count). The summed E-state index contributed by atoms with van der Waals surface area (Å²) >= 11 is 0. The van der Waals surface area contributed by atoms with Crippen molar-refractivity contribution in [2.45, 2.75) is 25.8 Å². The zero-order valence-electron chi connectivity index (χ0n) is 15.2. The summed E-state index contributed by atoms with van der Waals surface area (Å²) in [5.74, 6) is 1.23. The predicted octanol–water partition coefficient (Wildman–Crippen LogP) is 1.61. The number of methoxy groups -OCH3 is 1. The third-order valence-electron chi connectivity index (χ3n) is 5.24. The molecule has 2 heterocycles. The number of benzene rings is 1. The molecule has 2 unspecified atom stereocenters. The maximum absolute atomic E-state index is 13.4. The van der Waals surface area contributed by atoms with E-state index in [1.807, 2.05) is 11.0 Å². The molecule has 6 nitrogen and oxygen atoms in total. The van der Waals surface area contributed by atoms with Crippen molar-refractivity contribution in [3.8, 4) is 11.5 Å². The molecule has 2 saturated heterocycles. The van der Waals surface area contributed by atoms with E-state index < -0.39 is 0 Å². The first-order valence-electron chi connectivity index (χ1n) is 9.20. The number of likely N-dealkylation sites (tertiary alicyclic amines) is 1. The van der Waals surface area contributed by atoms with Crippen LogP contribution in [0, 0.1) is 5.92 Å². The second-order valence-electron chi connectivity index (χ2n) is 7.15. The number of hydrogen-bond donors (Lipinski definition) is 2. The lowest BCUT2D eigenvalue weighted by atomic mass is 9.97. The fourth-order valence-electron chi connectivity index (χ4n) is 3.88. The van der Waals surface area contributed by atoms with E-state index in [1.54, 1.807) is 12.1 Å². The molecule has 2 atom stereocenters. The highest BCUT2D eigenvalue weighted by molar-refractivity contribution is 5.83. The lowest BCUT2D eigenvalue weighted by Crippen LogP contribution is -2.51. The largest absolute Gasteiger partial charge is 0.504 e. The van der Waals surface area contributed by atoms with E-state index in [0.29, 0.717) is 11.7 Å². The van der Waals surface area contributed by atoms with Crippen molar-refractivity contribution in [1.29, 1.82) is 0 Å². The van der Waals surface area contributed by atoms with Crippen molar-refractivity contribution in [2.24, 2.45) is 5.92 Å². The Morgan fingerprint density at radius 1 is 1.32 bits per heavy atom. The molecule has 2 N–H and O–H groups in total. The summed E-state index contributed by atoms with van der Waals surface area (Å²) in [7, 11) is 1.53. The summed E-state index contributed by atoms with van der Waals surface area (Å²) < 4.78 is 5.26. The van der Waals surface area contributed by atoms with E-state index in [1.165, 1.54) is 13.5 Å². The average molecular weight is 347 g/mol. The Balaban J connectivity index is 1.90. The number of phenols is 1. The van der Waals surface area contributed by atoms with Crippen LogP contribution < -0.4 is 10.1 Å². The van der Waals surface area contributed by atoms with Crippen molar-refractivity contribution in [1.82, 2.24) is 15.1 Å². The van der Waals surface area contributed by atoms with Gasteiger partial charge in [0.15, 0.2) is 11.5 Å². The van der Waals surface area contributed by atoms with Crippen LogP contribution in [0.1, 0.15) is 31.4 Å². The highest BCUT2D eigenvalue weighted by Gasteiger charge is 2.34. The number of amides is 1. The van der Waals surface area contributed by atoms with Gasteiger partial charge in [-0.25, -0.2) is 0 Å². The highest BCUT2D eigenvalue weighted by Crippen LogP contribution is 2.33. The Morgan fingerprint density at radius 2 is 2.08 bits per heavy atom. The number of carbonyl (C=O) groups excluding carboxylic acids is 1. The number of hydrogen-bond acceptors (Lipinski definition) is 5. The van der Waals surface area contributed by atoms with Crippen molar-refractivity contribution in [3.05, 3.63) is 23.8 Å². The Morgan fingerprint density at radius 3 is 2.76 bits per heavy atom. The van der Waals surface area contributed by atoms with Crippen molar-refractivity contribution in [2.75, 3.05) is 46.4 Å². The summed E-state index contributed by atoms with van der Waals surface area (Å²) in [6.45, 7) is 7.32. The fourth-order valence-corrected chi connectivity index (χ4v) is 3.88. The number of nitrogens with zero attached hydrogens (tertiary/aromatic N) is 2. The third kappa shape index (κ3) is 4.07. The smallest absolute Gasteiger partial charge is 0.244 e. The Bertz CT molecular complexity index is 602. The molecule has 2 fully saturated rings. The standard InChI is InChI=1S/C19H29N3O3/c1-14-4-3-9-22(13-14)19(24)18(21-10-7-20-8-11-21)15-5-6-16(23)17(12-15)25-2/h5-6,12,14,18,20,23H,3-4,7-11,13H2,1-2H3. The zero-order valence-corrected chi connectivity index (χ0v) is 15.2. The molecule has 0 saturated carbocycles. The molecule has 0 bridgehead atoms. The van der Waals surface area contributed by atoms with Crippen LogP contribution in [0.15, 0.2) is 18.2 Å². The van der Waals surface area contributed by atoms with E-state index >= 15 is 0 Å². The third-order valence-corrected chi connectivity index (χ3v) is 5.24. The van der Waals surface area contributed by atoms with Gasteiger partial charge in [-0.3, -0.25) is 9.69 Å². The molecule has 2 aliphatic heterocycles. The summed E-state index contributed by atoms with van der Waals surface area (Å²) in [4.78, 5) is 17.6. The van der Waals surface area contributed by atoms with Gasteiger partial charge in [-0.2, -0.15) is 0 Å². The molecule has 138 valence electrons. The molecular formula is C19H29N3O3. The fraction of sp³-hybridized carbons (Fsp3) is 0.632. The molecule has 25 heavy (non-hydrogen) atoms. The predicted molar refractivity (Wildman–Crippen MR) is 96.8 cm³/mol. The van der Waals surface area contributed by atoms with E-state index in [-0.39, 0.29) is 17.7 Å². The number of aromatic hydroxyl groups is 1. The minimum absolute atomic E-state index is 0.101. The molecule has 1 aromatic rings. The molecular weight excluding hydrogens is 318 g/mol. The molecule has 0 radical (unpaired) electrons. The van der Waals surface area contributed by atoms with Gasteiger partial charge in [0.25, 0.3) is 0 Å². The number of carbonyl (C=O) groups is 1. The number of nitrogens with one attached hydrogen (secondary N) is 1. The zero-order chi connectivity index (χ0) is 17.8. The number of rotatable bonds is 4. The van der Waals surface area contributed by atoms with Gasteiger partial charge in [0.05, 0.1) is 7.11 Å². The van der Waals surface area contributed by atoms with Gasteiger partial charge >= 0.3 is 0 Å². The monoisotopic (exact) mass is 347 g/mol. The van der Waals surface area contributed by atoms with E-state index in [2.05, 4.69) is 17.1 Å². The van der Waals surface area contributed by atoms with E-state index in [9.17, 15) is 9.90 Å². The normalized spacial score (nSPS) is 23.3. The summed E-state index contributed by atoms with van der Waals surface area (Å²) in [6.07, 6.45) is 2.26. The Kier molecular flexibility index (Phi) is 5.81. The number of phenolic OH excluding ortho intramolecular Hbond substituents is 1. The lowest BCUT2D eigenvalue weighted by Gasteiger charge is -2.39. The van der Waals surface area contributed by atoms with Crippen LogP contribution in [-0.2, 0) is 4.79 Å². The molecule has 2 aliphatic rings. The number of ether oxygens (including phenoxy) is 1. The molecule has 0 spiro atoms. The van der Waals surface area contributed by atoms with Gasteiger partial charge in [0, 0.05) is 39.3 Å². The second kappa shape index (κ2) is 8.06. The van der Waals surface area contributed by atoms with Gasteiger partial charge < -0.3 is 20.1 Å². The average Bonchev–Trinajstić information content (AvgIpc) is 2.64. The van der Waals surface area contributed by atoms with Crippen molar-refractivity contribution in [3.63, 3.8) is 0 Å². The first-order valence-corrected chi connectivity index (χ1v) is 9.20. The minimum atomic E-state index is -0.318. The Labute approximate surface area is 149 Å². The van der Waals surface area contributed by atoms with Crippen molar-refractivity contribution < 1.29 is 14.6 Å². The maximum Gasteiger partial charge on any atom is 0.244 e. The summed E-state index contributed by atoms with van der Waals surface area (Å²) in [5.41, 5.74) is 0.889. The van der Waals surface area contributed by atoms with Crippen LogP contribution in [0.25, 0.3) is 0 Å². The van der Waals surface area contributed by atoms with Crippen LogP contribution in [0.5, 0.6) is 11.5 Å².